The fraction of sp³-hybridized carbons (Fsp3) is 0.176. The average molecular weight is 372 g/mol. The van der Waals surface area contributed by atoms with Gasteiger partial charge in [-0.1, -0.05) is 6.07 Å². The van der Waals surface area contributed by atoms with E-state index in [0.717, 1.165) is 9.91 Å². The van der Waals surface area contributed by atoms with Crippen LogP contribution in [0.1, 0.15) is 11.3 Å². The maximum absolute atomic E-state index is 12.4. The van der Waals surface area contributed by atoms with Crippen LogP contribution in [0.2, 0.25) is 0 Å². The summed E-state index contributed by atoms with van der Waals surface area (Å²) in [5.41, 5.74) is 0.417. The Labute approximate surface area is 153 Å². The van der Waals surface area contributed by atoms with E-state index in [1.165, 1.54) is 30.7 Å². The summed E-state index contributed by atoms with van der Waals surface area (Å²) in [6, 6.07) is 5.91. The molecule has 0 saturated carbocycles. The lowest BCUT2D eigenvalue weighted by molar-refractivity contribution is -0.136. The van der Waals surface area contributed by atoms with Crippen LogP contribution in [0.4, 0.5) is 15.3 Å². The quantitative estimate of drug-likeness (QED) is 0.686. The third-order valence-corrected chi connectivity index (χ3v) is 3.78. The third kappa shape index (κ3) is 4.24. The predicted octanol–water partition coefficient (Wildman–Crippen LogP) is 1.92. The Morgan fingerprint density at radius 2 is 2.11 bits per heavy atom. The van der Waals surface area contributed by atoms with Gasteiger partial charge < -0.3 is 19.9 Å². The first-order valence-electron chi connectivity index (χ1n) is 7.95. The van der Waals surface area contributed by atoms with Gasteiger partial charge in [0, 0.05) is 11.8 Å². The number of furan rings is 1. The van der Waals surface area contributed by atoms with E-state index < -0.39 is 18.0 Å². The van der Waals surface area contributed by atoms with Crippen molar-refractivity contribution in [2.75, 3.05) is 18.4 Å². The van der Waals surface area contributed by atoms with Gasteiger partial charge in [-0.3, -0.25) is 4.79 Å². The second kappa shape index (κ2) is 7.60. The number of aromatic hydroxyl groups is 1. The van der Waals surface area contributed by atoms with Gasteiger partial charge >= 0.3 is 18.0 Å². The molecule has 10 nitrogen and oxygen atoms in total. The van der Waals surface area contributed by atoms with Crippen LogP contribution < -0.4 is 5.32 Å². The molecule has 0 spiro atoms. The number of carbonyl (C=O) groups is 3. The number of imide groups is 1. The number of phenols is 1. The number of urea groups is 2. The molecule has 1 aliphatic heterocycles. The molecule has 4 amide bonds. The Morgan fingerprint density at radius 1 is 1.30 bits per heavy atom. The van der Waals surface area contributed by atoms with E-state index in [4.69, 9.17) is 9.52 Å². The molecule has 3 rings (SSSR count). The number of phenolic OH excluding ortho intramolecular Hbond substituents is 1. The number of benzene rings is 1. The highest BCUT2D eigenvalue weighted by molar-refractivity contribution is 6.02. The van der Waals surface area contributed by atoms with E-state index in [0.29, 0.717) is 11.3 Å². The summed E-state index contributed by atoms with van der Waals surface area (Å²) in [4.78, 5) is 36.6. The van der Waals surface area contributed by atoms with Crippen LogP contribution in [-0.4, -0.2) is 57.5 Å². The number of nitrogens with one attached hydrogen (secondary N) is 1. The number of carboxylic acids is 1. The molecule has 1 aromatic carbocycles. The zero-order valence-corrected chi connectivity index (χ0v) is 14.0. The standard InChI is InChI=1S/C17H16N4O6/c22-12-4-3-11(8-15(23)24)14(9-12)19-16(25)20-5-6-21(17(20)26)18-10-13-2-1-7-27-13/h1-4,7,9-10,22H,5-6,8H2,(H,19,25)(H,23,24)/b18-10+. The monoisotopic (exact) mass is 372 g/mol. The summed E-state index contributed by atoms with van der Waals surface area (Å²) in [5.74, 6) is -0.771. The number of carboxylic acid groups (broad SMARTS) is 1. The van der Waals surface area contributed by atoms with E-state index in [-0.39, 0.29) is 30.9 Å². The van der Waals surface area contributed by atoms with E-state index in [1.54, 1.807) is 12.1 Å². The van der Waals surface area contributed by atoms with Crippen LogP contribution in [0, 0.1) is 0 Å². The first-order chi connectivity index (χ1) is 12.9. The maximum atomic E-state index is 12.4. The molecular formula is C17H16N4O6. The van der Waals surface area contributed by atoms with Crippen molar-refractivity contribution in [3.63, 3.8) is 0 Å². The lowest BCUT2D eigenvalue weighted by atomic mass is 10.1. The third-order valence-electron chi connectivity index (χ3n) is 3.78. The van der Waals surface area contributed by atoms with Crippen LogP contribution in [-0.2, 0) is 11.2 Å². The van der Waals surface area contributed by atoms with Crippen molar-refractivity contribution in [3.8, 4) is 5.75 Å². The summed E-state index contributed by atoms with van der Waals surface area (Å²) in [6.07, 6.45) is 2.49. The second-order valence-electron chi connectivity index (χ2n) is 5.66. The minimum atomic E-state index is -1.09. The largest absolute Gasteiger partial charge is 0.508 e. The molecule has 0 radical (unpaired) electrons. The van der Waals surface area contributed by atoms with Gasteiger partial charge in [0.05, 0.1) is 32.0 Å². The van der Waals surface area contributed by atoms with Crippen molar-refractivity contribution in [1.29, 1.82) is 0 Å². The van der Waals surface area contributed by atoms with Crippen LogP contribution in [0.15, 0.2) is 46.1 Å². The SMILES string of the molecule is O=C(O)Cc1ccc(O)cc1NC(=O)N1CCN(/N=C/c2ccco2)C1=O. The summed E-state index contributed by atoms with van der Waals surface area (Å²) in [5, 5.41) is 26.1. The van der Waals surface area contributed by atoms with Crippen LogP contribution >= 0.6 is 0 Å². The van der Waals surface area contributed by atoms with Gasteiger partial charge in [-0.2, -0.15) is 5.10 Å². The van der Waals surface area contributed by atoms with Gasteiger partial charge in [-0.15, -0.1) is 0 Å². The summed E-state index contributed by atoms with van der Waals surface area (Å²) in [7, 11) is 0. The number of rotatable bonds is 5. The first kappa shape index (κ1) is 18.0. The molecule has 3 N–H and O–H groups in total. The summed E-state index contributed by atoms with van der Waals surface area (Å²) in [6.45, 7) is 0.304. The molecule has 10 heteroatoms. The highest BCUT2D eigenvalue weighted by Gasteiger charge is 2.33. The van der Waals surface area contributed by atoms with Crippen LogP contribution in [0.3, 0.4) is 0 Å². The smallest absolute Gasteiger partial charge is 0.348 e. The molecule has 0 aliphatic carbocycles. The van der Waals surface area contributed by atoms with Crippen LogP contribution in [0.5, 0.6) is 5.75 Å². The molecule has 0 bridgehead atoms. The molecule has 0 unspecified atom stereocenters. The highest BCUT2D eigenvalue weighted by atomic mass is 16.4. The molecule has 140 valence electrons. The highest BCUT2D eigenvalue weighted by Crippen LogP contribution is 2.23. The molecular weight excluding hydrogens is 356 g/mol. The Kier molecular flexibility index (Phi) is 5.06. The van der Waals surface area contributed by atoms with E-state index in [1.807, 2.05) is 0 Å². The number of anilines is 1. The normalized spacial score (nSPS) is 14.1. The van der Waals surface area contributed by atoms with Crippen molar-refractivity contribution in [2.45, 2.75) is 6.42 Å². The number of aliphatic carboxylic acids is 1. The molecule has 1 aliphatic rings. The lowest BCUT2D eigenvalue weighted by Gasteiger charge is -2.16. The van der Waals surface area contributed by atoms with Gasteiger partial charge in [0.15, 0.2) is 0 Å². The second-order valence-corrected chi connectivity index (χ2v) is 5.66. The van der Waals surface area contributed by atoms with Gasteiger partial charge in [0.2, 0.25) is 0 Å². The van der Waals surface area contributed by atoms with Crippen LogP contribution in [0.25, 0.3) is 0 Å². The van der Waals surface area contributed by atoms with E-state index in [2.05, 4.69) is 10.4 Å². The minimum Gasteiger partial charge on any atom is -0.508 e. The Hall–Kier alpha value is -3.82. The number of amides is 4. The fourth-order valence-corrected chi connectivity index (χ4v) is 2.49. The topological polar surface area (TPSA) is 136 Å². The number of nitrogens with zero attached hydrogens (tertiary/aromatic N) is 3. The van der Waals surface area contributed by atoms with E-state index in [9.17, 15) is 19.5 Å². The maximum Gasteiger partial charge on any atom is 0.348 e. The zero-order valence-electron chi connectivity index (χ0n) is 14.0. The predicted molar refractivity (Wildman–Crippen MR) is 93.6 cm³/mol. The molecule has 2 aromatic rings. The van der Waals surface area contributed by atoms with E-state index >= 15 is 0 Å². The number of hydrogen-bond acceptors (Lipinski definition) is 6. The summed E-state index contributed by atoms with van der Waals surface area (Å²) < 4.78 is 5.09. The van der Waals surface area contributed by atoms with Crippen molar-refractivity contribution in [2.24, 2.45) is 5.10 Å². The lowest BCUT2D eigenvalue weighted by Crippen LogP contribution is -2.38. The molecule has 1 aromatic heterocycles. The molecule has 0 atom stereocenters. The summed E-state index contributed by atoms with van der Waals surface area (Å²) >= 11 is 0. The zero-order chi connectivity index (χ0) is 19.4. The molecule has 27 heavy (non-hydrogen) atoms. The minimum absolute atomic E-state index is 0.104. The Bertz CT molecular complexity index is 893. The van der Waals surface area contributed by atoms with Crippen molar-refractivity contribution in [3.05, 3.63) is 47.9 Å². The van der Waals surface area contributed by atoms with Gasteiger partial charge in [0.25, 0.3) is 0 Å². The van der Waals surface area contributed by atoms with Gasteiger partial charge in [-0.05, 0) is 23.8 Å². The van der Waals surface area contributed by atoms with Crippen molar-refractivity contribution < 1.29 is 29.0 Å². The molecule has 2 heterocycles. The fourth-order valence-electron chi connectivity index (χ4n) is 2.49. The molecule has 1 fully saturated rings. The Balaban J connectivity index is 1.69. The van der Waals surface area contributed by atoms with Crippen molar-refractivity contribution in [1.82, 2.24) is 9.91 Å². The molecule has 1 saturated heterocycles. The van der Waals surface area contributed by atoms with Gasteiger partial charge in [0.1, 0.15) is 11.5 Å². The Morgan fingerprint density at radius 3 is 2.81 bits per heavy atom. The van der Waals surface area contributed by atoms with Gasteiger partial charge in [-0.25, -0.2) is 19.5 Å². The van der Waals surface area contributed by atoms with Crippen molar-refractivity contribution >= 4 is 29.9 Å². The number of hydrazone groups is 1. The number of carbonyl (C=O) groups excluding carboxylic acids is 2. The first-order valence-corrected chi connectivity index (χ1v) is 7.95. The number of hydrogen-bond donors (Lipinski definition) is 3. The average Bonchev–Trinajstić information content (AvgIpc) is 3.25.